The van der Waals surface area contributed by atoms with Crippen LogP contribution in [-0.2, 0) is 0 Å². The summed E-state index contributed by atoms with van der Waals surface area (Å²) in [5.74, 6) is 0. The first-order valence-corrected chi connectivity index (χ1v) is 7.28. The Balaban J connectivity index is 3.06. The summed E-state index contributed by atoms with van der Waals surface area (Å²) >= 11 is 0. The van der Waals surface area contributed by atoms with Gasteiger partial charge in [0, 0.05) is 16.2 Å². The Morgan fingerprint density at radius 3 is 2.33 bits per heavy atom. The molecule has 0 aliphatic carbocycles. The minimum Gasteiger partial charge on any atom is -0.308 e. The van der Waals surface area contributed by atoms with Gasteiger partial charge in [0.1, 0.15) is 0 Å². The van der Waals surface area contributed by atoms with E-state index in [1.54, 1.807) is 0 Å². The highest BCUT2D eigenvalue weighted by atomic mass is 28.2. The maximum atomic E-state index is 3.51. The molecule has 0 unspecified atom stereocenters. The van der Waals surface area contributed by atoms with Gasteiger partial charge in [0.2, 0.25) is 0 Å². The summed E-state index contributed by atoms with van der Waals surface area (Å²) in [7, 11) is 0.215. The van der Waals surface area contributed by atoms with Gasteiger partial charge in [-0.25, -0.2) is 0 Å². The molecule has 2 nitrogen and oxygen atoms in total. The first-order chi connectivity index (χ1) is 5.85. The van der Waals surface area contributed by atoms with Gasteiger partial charge in [-0.3, -0.25) is 4.90 Å². The summed E-state index contributed by atoms with van der Waals surface area (Å²) < 4.78 is 0. The molecule has 74 valence electrons. The van der Waals surface area contributed by atoms with Crippen molar-refractivity contribution in [1.82, 2.24) is 10.2 Å². The summed E-state index contributed by atoms with van der Waals surface area (Å²) in [5, 5.41) is 3.51. The molecule has 0 bridgehead atoms. The maximum absolute atomic E-state index is 3.51. The number of nitrogens with zero attached hydrogens (tertiary/aromatic N) is 1. The van der Waals surface area contributed by atoms with Crippen LogP contribution in [0.1, 0.15) is 27.2 Å². The molecule has 0 heterocycles. The molecule has 0 rings (SSSR count). The fourth-order valence-corrected chi connectivity index (χ4v) is 2.34. The summed E-state index contributed by atoms with van der Waals surface area (Å²) in [4.78, 5) is 2.42. The molecule has 0 spiro atoms. The van der Waals surface area contributed by atoms with Gasteiger partial charge in [0.25, 0.3) is 0 Å². The summed E-state index contributed by atoms with van der Waals surface area (Å²) in [6.07, 6.45) is 2.68. The van der Waals surface area contributed by atoms with E-state index in [9.17, 15) is 0 Å². The molecule has 12 heavy (non-hydrogen) atoms. The lowest BCUT2D eigenvalue weighted by Gasteiger charge is -2.18. The summed E-state index contributed by atoms with van der Waals surface area (Å²) in [5.41, 5.74) is 0. The zero-order valence-electron chi connectivity index (χ0n) is 8.90. The number of hydrogen-bond acceptors (Lipinski definition) is 2. The van der Waals surface area contributed by atoms with Gasteiger partial charge in [0.05, 0.1) is 0 Å². The molecule has 0 saturated carbocycles. The average molecular weight is 188 g/mol. The van der Waals surface area contributed by atoms with Crippen molar-refractivity contribution in [2.75, 3.05) is 25.9 Å². The van der Waals surface area contributed by atoms with Crippen LogP contribution in [0.2, 0.25) is 6.04 Å². The third-order valence-electron chi connectivity index (χ3n) is 2.19. The Morgan fingerprint density at radius 2 is 1.83 bits per heavy atom. The van der Waals surface area contributed by atoms with Gasteiger partial charge in [0.15, 0.2) is 0 Å². The lowest BCUT2D eigenvalue weighted by atomic mass is 10.5. The lowest BCUT2D eigenvalue weighted by Crippen LogP contribution is -2.35. The number of nitrogens with one attached hydrogen (secondary N) is 1. The number of hydrogen-bond donors (Lipinski definition) is 1. The van der Waals surface area contributed by atoms with Crippen molar-refractivity contribution in [3.8, 4) is 0 Å². The molecule has 0 aromatic carbocycles. The van der Waals surface area contributed by atoms with Crippen molar-refractivity contribution in [1.29, 1.82) is 0 Å². The van der Waals surface area contributed by atoms with E-state index in [4.69, 9.17) is 0 Å². The standard InChI is InChI=1S/C9H24N2Si/c1-4-7-12-9-10-8-11(5-2)6-3/h10H,4-9,12H2,1-3H3. The van der Waals surface area contributed by atoms with Crippen molar-refractivity contribution < 1.29 is 0 Å². The minimum absolute atomic E-state index is 0.215. The fraction of sp³-hybridized carbons (Fsp3) is 1.00. The molecule has 0 aromatic heterocycles. The fourth-order valence-electron chi connectivity index (χ4n) is 1.18. The van der Waals surface area contributed by atoms with Crippen molar-refractivity contribution in [3.05, 3.63) is 0 Å². The molecule has 3 heteroatoms. The Bertz CT molecular complexity index is 84.6. The van der Waals surface area contributed by atoms with Crippen molar-refractivity contribution >= 4 is 9.52 Å². The van der Waals surface area contributed by atoms with Gasteiger partial charge in [-0.2, -0.15) is 0 Å². The Morgan fingerprint density at radius 1 is 1.17 bits per heavy atom. The van der Waals surface area contributed by atoms with Crippen LogP contribution in [-0.4, -0.2) is 40.3 Å². The van der Waals surface area contributed by atoms with Crippen LogP contribution in [0.3, 0.4) is 0 Å². The van der Waals surface area contributed by atoms with E-state index in [1.807, 2.05) is 0 Å². The molecule has 1 N–H and O–H groups in total. The molecular weight excluding hydrogens is 164 g/mol. The quantitative estimate of drug-likeness (QED) is 0.345. The van der Waals surface area contributed by atoms with Crippen LogP contribution in [0.25, 0.3) is 0 Å². The van der Waals surface area contributed by atoms with E-state index in [0.717, 1.165) is 6.67 Å². The molecule has 0 atom stereocenters. The smallest absolute Gasteiger partial charge is 0.0477 e. The lowest BCUT2D eigenvalue weighted by molar-refractivity contribution is 0.286. The maximum Gasteiger partial charge on any atom is 0.0477 e. The second kappa shape index (κ2) is 9.23. The highest BCUT2D eigenvalue weighted by Gasteiger charge is 1.95. The largest absolute Gasteiger partial charge is 0.308 e. The van der Waals surface area contributed by atoms with Crippen LogP contribution < -0.4 is 5.32 Å². The van der Waals surface area contributed by atoms with E-state index in [1.165, 1.54) is 31.7 Å². The highest BCUT2D eigenvalue weighted by Crippen LogP contribution is 1.85. The molecule has 0 radical (unpaired) electrons. The van der Waals surface area contributed by atoms with E-state index >= 15 is 0 Å². The monoisotopic (exact) mass is 188 g/mol. The van der Waals surface area contributed by atoms with E-state index in [-0.39, 0.29) is 9.52 Å². The van der Waals surface area contributed by atoms with E-state index in [2.05, 4.69) is 31.0 Å². The Labute approximate surface area is 79.5 Å². The van der Waals surface area contributed by atoms with Crippen molar-refractivity contribution in [3.63, 3.8) is 0 Å². The first-order valence-electron chi connectivity index (χ1n) is 5.28. The van der Waals surface area contributed by atoms with Crippen LogP contribution in [0.5, 0.6) is 0 Å². The molecule has 0 aliphatic rings. The third-order valence-corrected chi connectivity index (χ3v) is 4.10. The second-order valence-electron chi connectivity index (χ2n) is 3.17. The average Bonchev–Trinajstić information content (AvgIpc) is 2.11. The Hall–Kier alpha value is 0.137. The van der Waals surface area contributed by atoms with Gasteiger partial charge >= 0.3 is 0 Å². The van der Waals surface area contributed by atoms with Crippen LogP contribution in [0.4, 0.5) is 0 Å². The van der Waals surface area contributed by atoms with Crippen LogP contribution >= 0.6 is 0 Å². The number of rotatable bonds is 8. The second-order valence-corrected chi connectivity index (χ2v) is 5.08. The summed E-state index contributed by atoms with van der Waals surface area (Å²) in [6.45, 7) is 10.1. The third kappa shape index (κ3) is 6.82. The zero-order valence-corrected chi connectivity index (χ0v) is 10.3. The SMILES string of the molecule is CCC[SiH2]CNCN(CC)CC. The van der Waals surface area contributed by atoms with Gasteiger partial charge in [-0.15, -0.1) is 0 Å². The van der Waals surface area contributed by atoms with E-state index < -0.39 is 0 Å². The van der Waals surface area contributed by atoms with Crippen molar-refractivity contribution in [2.45, 2.75) is 33.2 Å². The van der Waals surface area contributed by atoms with Crippen molar-refractivity contribution in [2.24, 2.45) is 0 Å². The van der Waals surface area contributed by atoms with Gasteiger partial charge in [-0.05, 0) is 19.3 Å². The molecule has 0 aromatic rings. The van der Waals surface area contributed by atoms with Crippen LogP contribution in [0.15, 0.2) is 0 Å². The molecule has 0 aliphatic heterocycles. The minimum atomic E-state index is 0.215. The Kier molecular flexibility index (Phi) is 9.33. The van der Waals surface area contributed by atoms with Crippen LogP contribution in [0, 0.1) is 0 Å². The van der Waals surface area contributed by atoms with E-state index in [0.29, 0.717) is 0 Å². The molecule has 0 saturated heterocycles. The first kappa shape index (κ1) is 12.1. The van der Waals surface area contributed by atoms with Gasteiger partial charge < -0.3 is 5.32 Å². The normalized spacial score (nSPS) is 12.0. The molecular formula is C9H24N2Si. The molecule has 0 fully saturated rings. The highest BCUT2D eigenvalue weighted by molar-refractivity contribution is 6.35. The van der Waals surface area contributed by atoms with Gasteiger partial charge in [-0.1, -0.05) is 33.2 Å². The topological polar surface area (TPSA) is 15.3 Å². The molecule has 0 amide bonds. The predicted octanol–water partition coefficient (Wildman–Crippen LogP) is 0.830. The summed E-state index contributed by atoms with van der Waals surface area (Å²) in [6, 6.07) is 1.49. The zero-order chi connectivity index (χ0) is 9.23. The predicted molar refractivity (Wildman–Crippen MR) is 59.4 cm³/mol.